The summed E-state index contributed by atoms with van der Waals surface area (Å²) in [6.07, 6.45) is 0. The topological polar surface area (TPSA) is 67.9 Å². The second-order valence-corrected chi connectivity index (χ2v) is 3.36. The summed E-state index contributed by atoms with van der Waals surface area (Å²) in [6, 6.07) is 3.74. The Morgan fingerprint density at radius 3 is 2.93 bits per heavy atom. The molecule has 0 saturated carbocycles. The predicted molar refractivity (Wildman–Crippen MR) is 54.6 cm³/mol. The summed E-state index contributed by atoms with van der Waals surface area (Å²) in [5.41, 5.74) is 0.416. The lowest BCUT2D eigenvalue weighted by Gasteiger charge is -2.11. The first kappa shape index (κ1) is 11.2. The van der Waals surface area contributed by atoms with Gasteiger partial charge < -0.3 is 4.74 Å². The van der Waals surface area contributed by atoms with Crippen LogP contribution in [0.5, 0.6) is 6.01 Å². The molecule has 1 rings (SSSR count). The van der Waals surface area contributed by atoms with Crippen LogP contribution in [0, 0.1) is 24.2 Å². The first-order valence-electron chi connectivity index (χ1n) is 4.60. The van der Waals surface area contributed by atoms with Crippen molar-refractivity contribution in [2.24, 2.45) is 5.92 Å². The molecule has 15 heavy (non-hydrogen) atoms. The van der Waals surface area contributed by atoms with Crippen LogP contribution in [0.15, 0.2) is 10.9 Å². The molecule has 5 heteroatoms. The maximum atomic E-state index is 11.6. The summed E-state index contributed by atoms with van der Waals surface area (Å²) in [6.45, 7) is 3.76. The number of ether oxygens (including phenoxy) is 1. The van der Waals surface area contributed by atoms with Crippen LogP contribution < -0.4 is 10.3 Å². The van der Waals surface area contributed by atoms with Gasteiger partial charge in [0.05, 0.1) is 19.1 Å². The monoisotopic (exact) mass is 207 g/mol. The van der Waals surface area contributed by atoms with Gasteiger partial charge in [-0.05, 0) is 13.8 Å². The molecule has 0 fully saturated rings. The van der Waals surface area contributed by atoms with Crippen LogP contribution in [0.2, 0.25) is 0 Å². The minimum absolute atomic E-state index is 0.193. The highest BCUT2D eigenvalue weighted by Crippen LogP contribution is 2.07. The van der Waals surface area contributed by atoms with Crippen molar-refractivity contribution in [3.05, 3.63) is 22.1 Å². The average molecular weight is 207 g/mol. The number of aryl methyl sites for hydroxylation is 1. The standard InChI is InChI=1S/C10H13N3O2/c1-7(5-11)6-13-9(14)4-8(2)12-10(13)15-3/h4,7H,6H2,1-3H3. The largest absolute Gasteiger partial charge is 0.468 e. The molecule has 0 N–H and O–H groups in total. The average Bonchev–Trinajstić information content (AvgIpc) is 2.21. The van der Waals surface area contributed by atoms with E-state index in [-0.39, 0.29) is 17.5 Å². The number of nitrogens with zero attached hydrogens (tertiary/aromatic N) is 3. The van der Waals surface area contributed by atoms with Crippen LogP contribution in [0.3, 0.4) is 0 Å². The van der Waals surface area contributed by atoms with E-state index < -0.39 is 0 Å². The Labute approximate surface area is 87.9 Å². The van der Waals surface area contributed by atoms with Crippen LogP contribution in [-0.2, 0) is 6.54 Å². The molecule has 1 heterocycles. The van der Waals surface area contributed by atoms with E-state index in [9.17, 15) is 4.79 Å². The zero-order chi connectivity index (χ0) is 11.4. The third-order valence-corrected chi connectivity index (χ3v) is 1.96. The molecular weight excluding hydrogens is 194 g/mol. The fourth-order valence-corrected chi connectivity index (χ4v) is 1.23. The summed E-state index contributed by atoms with van der Waals surface area (Å²) in [5, 5.41) is 8.68. The third kappa shape index (κ3) is 2.56. The Balaban J connectivity index is 3.17. The molecule has 0 aliphatic heterocycles. The van der Waals surface area contributed by atoms with Gasteiger partial charge in [0.15, 0.2) is 0 Å². The van der Waals surface area contributed by atoms with Gasteiger partial charge in [0, 0.05) is 18.3 Å². The molecule has 0 radical (unpaired) electrons. The van der Waals surface area contributed by atoms with Crippen LogP contribution in [0.1, 0.15) is 12.6 Å². The zero-order valence-electron chi connectivity index (χ0n) is 9.02. The first-order valence-corrected chi connectivity index (χ1v) is 4.60. The number of aromatic nitrogens is 2. The van der Waals surface area contributed by atoms with Crippen molar-refractivity contribution in [3.63, 3.8) is 0 Å². The highest BCUT2D eigenvalue weighted by atomic mass is 16.5. The number of nitriles is 1. The quantitative estimate of drug-likeness (QED) is 0.732. The van der Waals surface area contributed by atoms with Crippen molar-refractivity contribution in [2.75, 3.05) is 7.11 Å². The van der Waals surface area contributed by atoms with E-state index in [1.54, 1.807) is 13.8 Å². The van der Waals surface area contributed by atoms with Gasteiger partial charge in [-0.1, -0.05) is 0 Å². The van der Waals surface area contributed by atoms with Crippen molar-refractivity contribution in [1.29, 1.82) is 5.26 Å². The van der Waals surface area contributed by atoms with Crippen LogP contribution >= 0.6 is 0 Å². The number of hydrogen-bond acceptors (Lipinski definition) is 4. The van der Waals surface area contributed by atoms with E-state index in [0.717, 1.165) is 0 Å². The van der Waals surface area contributed by atoms with Crippen molar-refractivity contribution in [2.45, 2.75) is 20.4 Å². The summed E-state index contributed by atoms with van der Waals surface area (Å²) in [5.74, 6) is -0.249. The maximum Gasteiger partial charge on any atom is 0.299 e. The van der Waals surface area contributed by atoms with Gasteiger partial charge in [-0.25, -0.2) is 4.98 Å². The van der Waals surface area contributed by atoms with E-state index in [1.807, 2.05) is 0 Å². The predicted octanol–water partition coefficient (Wildman–Crippen LogP) is 0.720. The Bertz CT molecular complexity index is 445. The Morgan fingerprint density at radius 2 is 2.40 bits per heavy atom. The van der Waals surface area contributed by atoms with Gasteiger partial charge >= 0.3 is 0 Å². The SMILES string of the molecule is COc1nc(C)cc(=O)n1CC(C)C#N. The molecule has 5 nitrogen and oxygen atoms in total. The minimum atomic E-state index is -0.249. The number of hydrogen-bond donors (Lipinski definition) is 0. The van der Waals surface area contributed by atoms with Gasteiger partial charge in [0.1, 0.15) is 0 Å². The normalized spacial score (nSPS) is 11.9. The van der Waals surface area contributed by atoms with E-state index >= 15 is 0 Å². The second kappa shape index (κ2) is 4.60. The summed E-state index contributed by atoms with van der Waals surface area (Å²) < 4.78 is 6.36. The molecule has 0 amide bonds. The Hall–Kier alpha value is -1.83. The number of methoxy groups -OCH3 is 1. The van der Waals surface area contributed by atoms with Gasteiger partial charge in [0.2, 0.25) is 0 Å². The van der Waals surface area contributed by atoms with Gasteiger partial charge in [0.25, 0.3) is 11.6 Å². The smallest absolute Gasteiger partial charge is 0.299 e. The molecule has 1 atom stereocenters. The molecule has 80 valence electrons. The molecule has 1 aromatic rings. The first-order chi connectivity index (χ1) is 7.08. The van der Waals surface area contributed by atoms with E-state index in [0.29, 0.717) is 12.2 Å². The highest BCUT2D eigenvalue weighted by molar-refractivity contribution is 5.07. The molecule has 0 bridgehead atoms. The van der Waals surface area contributed by atoms with Gasteiger partial charge in [-0.15, -0.1) is 0 Å². The lowest BCUT2D eigenvalue weighted by molar-refractivity contribution is 0.336. The van der Waals surface area contributed by atoms with Crippen molar-refractivity contribution >= 4 is 0 Å². The van der Waals surface area contributed by atoms with E-state index in [2.05, 4.69) is 11.1 Å². The van der Waals surface area contributed by atoms with Crippen LogP contribution in [0.4, 0.5) is 0 Å². The molecule has 0 aliphatic rings. The zero-order valence-corrected chi connectivity index (χ0v) is 9.02. The summed E-state index contributed by atoms with van der Waals surface area (Å²) >= 11 is 0. The Kier molecular flexibility index (Phi) is 3.45. The minimum Gasteiger partial charge on any atom is -0.468 e. The molecule has 0 aliphatic carbocycles. The summed E-state index contributed by atoms with van der Waals surface area (Å²) in [7, 11) is 1.45. The summed E-state index contributed by atoms with van der Waals surface area (Å²) in [4.78, 5) is 15.7. The van der Waals surface area contributed by atoms with Gasteiger partial charge in [-0.2, -0.15) is 5.26 Å². The molecule has 0 spiro atoms. The Morgan fingerprint density at radius 1 is 1.73 bits per heavy atom. The fourth-order valence-electron chi connectivity index (χ4n) is 1.23. The van der Waals surface area contributed by atoms with Crippen LogP contribution in [-0.4, -0.2) is 16.7 Å². The van der Waals surface area contributed by atoms with Gasteiger partial charge in [-0.3, -0.25) is 9.36 Å². The van der Waals surface area contributed by atoms with Crippen LogP contribution in [0.25, 0.3) is 0 Å². The van der Waals surface area contributed by atoms with Crippen molar-refractivity contribution in [1.82, 2.24) is 9.55 Å². The highest BCUT2D eigenvalue weighted by Gasteiger charge is 2.10. The van der Waals surface area contributed by atoms with Crippen molar-refractivity contribution in [3.8, 4) is 12.1 Å². The molecule has 0 aromatic carbocycles. The second-order valence-electron chi connectivity index (χ2n) is 3.36. The van der Waals surface area contributed by atoms with E-state index in [4.69, 9.17) is 10.00 Å². The molecule has 1 aromatic heterocycles. The fraction of sp³-hybridized carbons (Fsp3) is 0.500. The molecular formula is C10H13N3O2. The lowest BCUT2D eigenvalue weighted by Crippen LogP contribution is -2.25. The van der Waals surface area contributed by atoms with E-state index in [1.165, 1.54) is 17.7 Å². The molecule has 1 unspecified atom stereocenters. The molecule has 0 saturated heterocycles. The number of rotatable bonds is 3. The maximum absolute atomic E-state index is 11.6. The third-order valence-electron chi connectivity index (χ3n) is 1.96. The van der Waals surface area contributed by atoms with Crippen molar-refractivity contribution < 1.29 is 4.74 Å². The lowest BCUT2D eigenvalue weighted by atomic mass is 10.2.